The molecular weight excluding hydrogens is 368 g/mol. The maximum atomic E-state index is 12.7. The number of hydrogen-bond donors (Lipinski definition) is 1. The van der Waals surface area contributed by atoms with Crippen molar-refractivity contribution in [2.24, 2.45) is 0 Å². The van der Waals surface area contributed by atoms with E-state index in [0.29, 0.717) is 47.0 Å². The SMILES string of the molecule is CCOCCn1cnc2sc(C(=O)NCCN3CCOCC3)c(C)c2c1=O. The van der Waals surface area contributed by atoms with Gasteiger partial charge in [0, 0.05) is 32.8 Å². The Morgan fingerprint density at radius 2 is 2.15 bits per heavy atom. The molecule has 2 aromatic heterocycles. The summed E-state index contributed by atoms with van der Waals surface area (Å²) in [5, 5.41) is 3.48. The summed E-state index contributed by atoms with van der Waals surface area (Å²) in [6.45, 7) is 9.87. The third-order valence-corrected chi connectivity index (χ3v) is 5.82. The maximum Gasteiger partial charge on any atom is 0.262 e. The summed E-state index contributed by atoms with van der Waals surface area (Å²) < 4.78 is 12.2. The number of hydrogen-bond acceptors (Lipinski definition) is 7. The van der Waals surface area contributed by atoms with Crippen molar-refractivity contribution in [1.82, 2.24) is 19.8 Å². The van der Waals surface area contributed by atoms with E-state index in [4.69, 9.17) is 9.47 Å². The monoisotopic (exact) mass is 394 g/mol. The van der Waals surface area contributed by atoms with Crippen molar-refractivity contribution in [3.05, 3.63) is 27.1 Å². The molecule has 27 heavy (non-hydrogen) atoms. The number of carbonyl (C=O) groups excluding carboxylic acids is 1. The lowest BCUT2D eigenvalue weighted by molar-refractivity contribution is 0.0383. The Hall–Kier alpha value is -1.81. The van der Waals surface area contributed by atoms with Crippen molar-refractivity contribution in [2.75, 3.05) is 52.6 Å². The van der Waals surface area contributed by atoms with Crippen molar-refractivity contribution in [3.8, 4) is 0 Å². The highest BCUT2D eigenvalue weighted by molar-refractivity contribution is 7.20. The Labute approximate surface area is 162 Å². The predicted molar refractivity (Wildman–Crippen MR) is 105 cm³/mol. The molecule has 3 rings (SSSR count). The summed E-state index contributed by atoms with van der Waals surface area (Å²) in [5.41, 5.74) is 0.572. The number of morpholine rings is 1. The van der Waals surface area contributed by atoms with Crippen molar-refractivity contribution in [2.45, 2.75) is 20.4 Å². The Kier molecular flexibility index (Phi) is 6.95. The minimum atomic E-state index is -0.149. The number of aryl methyl sites for hydroxylation is 1. The lowest BCUT2D eigenvalue weighted by Gasteiger charge is -2.26. The molecule has 148 valence electrons. The van der Waals surface area contributed by atoms with Crippen LogP contribution in [0.2, 0.25) is 0 Å². The number of nitrogens with one attached hydrogen (secondary N) is 1. The zero-order valence-electron chi connectivity index (χ0n) is 15.8. The van der Waals surface area contributed by atoms with Gasteiger partial charge in [-0.2, -0.15) is 0 Å². The molecule has 1 aliphatic heterocycles. The van der Waals surface area contributed by atoms with Gasteiger partial charge in [0.15, 0.2) is 0 Å². The third-order valence-electron chi connectivity index (χ3n) is 4.62. The molecule has 1 amide bonds. The largest absolute Gasteiger partial charge is 0.380 e. The second-order valence-corrected chi connectivity index (χ2v) is 7.39. The van der Waals surface area contributed by atoms with E-state index in [1.54, 1.807) is 0 Å². The van der Waals surface area contributed by atoms with E-state index >= 15 is 0 Å². The van der Waals surface area contributed by atoms with Crippen LogP contribution in [0.5, 0.6) is 0 Å². The third kappa shape index (κ3) is 4.73. The molecule has 1 aliphatic rings. The highest BCUT2D eigenvalue weighted by atomic mass is 32.1. The van der Waals surface area contributed by atoms with Gasteiger partial charge in [0.25, 0.3) is 11.5 Å². The number of carbonyl (C=O) groups is 1. The number of fused-ring (bicyclic) bond motifs is 1. The second kappa shape index (κ2) is 9.41. The molecule has 1 N–H and O–H groups in total. The zero-order chi connectivity index (χ0) is 19.2. The quantitative estimate of drug-likeness (QED) is 0.669. The highest BCUT2D eigenvalue weighted by Crippen LogP contribution is 2.26. The van der Waals surface area contributed by atoms with Gasteiger partial charge in [-0.25, -0.2) is 4.98 Å². The van der Waals surface area contributed by atoms with E-state index in [1.807, 2.05) is 13.8 Å². The van der Waals surface area contributed by atoms with Crippen molar-refractivity contribution >= 4 is 27.5 Å². The van der Waals surface area contributed by atoms with Crippen molar-refractivity contribution in [3.63, 3.8) is 0 Å². The lowest BCUT2D eigenvalue weighted by Crippen LogP contribution is -2.41. The van der Waals surface area contributed by atoms with Crippen LogP contribution in [0.15, 0.2) is 11.1 Å². The van der Waals surface area contributed by atoms with E-state index in [2.05, 4.69) is 15.2 Å². The second-order valence-electron chi connectivity index (χ2n) is 6.39. The van der Waals surface area contributed by atoms with Gasteiger partial charge in [0.1, 0.15) is 4.83 Å². The molecule has 0 aliphatic carbocycles. The fourth-order valence-corrected chi connectivity index (χ4v) is 4.13. The highest BCUT2D eigenvalue weighted by Gasteiger charge is 2.19. The molecule has 2 aromatic rings. The van der Waals surface area contributed by atoms with Crippen LogP contribution in [-0.4, -0.2) is 73.0 Å². The zero-order valence-corrected chi connectivity index (χ0v) is 16.6. The van der Waals surface area contributed by atoms with Gasteiger partial charge in [-0.1, -0.05) is 0 Å². The summed E-state index contributed by atoms with van der Waals surface area (Å²) in [6.07, 6.45) is 1.53. The van der Waals surface area contributed by atoms with Crippen LogP contribution >= 0.6 is 11.3 Å². The number of amides is 1. The van der Waals surface area contributed by atoms with E-state index < -0.39 is 0 Å². The number of ether oxygens (including phenoxy) is 2. The smallest absolute Gasteiger partial charge is 0.262 e. The van der Waals surface area contributed by atoms with E-state index in [0.717, 1.165) is 32.8 Å². The lowest BCUT2D eigenvalue weighted by atomic mass is 10.2. The number of rotatable bonds is 8. The van der Waals surface area contributed by atoms with Gasteiger partial charge in [-0.05, 0) is 19.4 Å². The topological polar surface area (TPSA) is 85.7 Å². The molecule has 0 aromatic carbocycles. The minimum absolute atomic E-state index is 0.124. The Balaban J connectivity index is 1.68. The molecule has 9 heteroatoms. The average molecular weight is 394 g/mol. The summed E-state index contributed by atoms with van der Waals surface area (Å²) in [6, 6.07) is 0. The molecule has 0 unspecified atom stereocenters. The van der Waals surface area contributed by atoms with Gasteiger partial charge in [-0.15, -0.1) is 11.3 Å². The maximum absolute atomic E-state index is 12.7. The van der Waals surface area contributed by atoms with Crippen molar-refractivity contribution < 1.29 is 14.3 Å². The Morgan fingerprint density at radius 1 is 1.37 bits per heavy atom. The molecule has 0 spiro atoms. The first kappa shape index (κ1) is 19.9. The van der Waals surface area contributed by atoms with Gasteiger partial charge >= 0.3 is 0 Å². The molecule has 0 atom stereocenters. The summed E-state index contributed by atoms with van der Waals surface area (Å²) in [4.78, 5) is 33.1. The minimum Gasteiger partial charge on any atom is -0.380 e. The molecule has 1 fully saturated rings. The van der Waals surface area contributed by atoms with Crippen LogP contribution in [0.3, 0.4) is 0 Å². The Morgan fingerprint density at radius 3 is 2.89 bits per heavy atom. The van der Waals surface area contributed by atoms with Crippen LogP contribution in [0.1, 0.15) is 22.2 Å². The van der Waals surface area contributed by atoms with Gasteiger partial charge in [0.2, 0.25) is 0 Å². The van der Waals surface area contributed by atoms with Gasteiger partial charge in [-0.3, -0.25) is 19.1 Å². The molecule has 0 saturated carbocycles. The predicted octanol–water partition coefficient (Wildman–Crippen LogP) is 0.865. The van der Waals surface area contributed by atoms with Crippen LogP contribution in [0.4, 0.5) is 0 Å². The van der Waals surface area contributed by atoms with Gasteiger partial charge < -0.3 is 14.8 Å². The summed E-state index contributed by atoms with van der Waals surface area (Å²) >= 11 is 1.27. The average Bonchev–Trinajstić information content (AvgIpc) is 3.02. The van der Waals surface area contributed by atoms with Gasteiger partial charge in [0.05, 0.1) is 43.0 Å². The number of thiophene rings is 1. The fourth-order valence-electron chi connectivity index (χ4n) is 3.07. The van der Waals surface area contributed by atoms with Crippen LogP contribution in [-0.2, 0) is 16.0 Å². The summed E-state index contributed by atoms with van der Waals surface area (Å²) in [7, 11) is 0. The van der Waals surface area contributed by atoms with Crippen LogP contribution < -0.4 is 10.9 Å². The first-order chi connectivity index (χ1) is 13.1. The summed E-state index contributed by atoms with van der Waals surface area (Å²) in [5.74, 6) is -0.149. The normalized spacial score (nSPS) is 15.3. The molecular formula is C18H26N4O4S. The van der Waals surface area contributed by atoms with E-state index in [1.165, 1.54) is 22.2 Å². The van der Waals surface area contributed by atoms with E-state index in [-0.39, 0.29) is 11.5 Å². The molecule has 0 bridgehead atoms. The molecule has 3 heterocycles. The first-order valence-electron chi connectivity index (χ1n) is 9.26. The Bertz CT molecular complexity index is 842. The van der Waals surface area contributed by atoms with Crippen molar-refractivity contribution in [1.29, 1.82) is 0 Å². The standard InChI is InChI=1S/C18H26N4O4S/c1-3-25-11-8-22-12-20-17-14(18(22)24)13(2)15(27-17)16(23)19-4-5-21-6-9-26-10-7-21/h12H,3-11H2,1-2H3,(H,19,23). The van der Waals surface area contributed by atoms with Crippen LogP contribution in [0.25, 0.3) is 10.2 Å². The molecule has 0 radical (unpaired) electrons. The molecule has 1 saturated heterocycles. The fraction of sp³-hybridized carbons (Fsp3) is 0.611. The molecule has 8 nitrogen and oxygen atoms in total. The first-order valence-corrected chi connectivity index (χ1v) is 10.1. The van der Waals surface area contributed by atoms with E-state index in [9.17, 15) is 9.59 Å². The van der Waals surface area contributed by atoms with Crippen LogP contribution in [0, 0.1) is 6.92 Å². The number of aromatic nitrogens is 2. The number of nitrogens with zero attached hydrogens (tertiary/aromatic N) is 3.